The molecule has 0 aliphatic heterocycles. The highest BCUT2D eigenvalue weighted by Crippen LogP contribution is 2.17. The largest absolute Gasteiger partial charge is 0.497 e. The zero-order valence-electron chi connectivity index (χ0n) is 12.1. The number of hydrogen-bond donors (Lipinski definition) is 1. The van der Waals surface area contributed by atoms with Crippen LogP contribution in [0.5, 0.6) is 5.75 Å². The van der Waals surface area contributed by atoms with Gasteiger partial charge in [0, 0.05) is 6.54 Å². The number of rotatable bonds is 7. The third kappa shape index (κ3) is 4.91. The Bertz CT molecular complexity index is 418. The fourth-order valence-corrected chi connectivity index (χ4v) is 2.08. The summed E-state index contributed by atoms with van der Waals surface area (Å²) in [6.45, 7) is 4.67. The lowest BCUT2D eigenvalue weighted by Crippen LogP contribution is -2.39. The normalized spacial score (nSPS) is 12.7. The molecule has 0 saturated carbocycles. The molecule has 1 aromatic carbocycles. The van der Waals surface area contributed by atoms with E-state index in [1.165, 1.54) is 0 Å². The summed E-state index contributed by atoms with van der Waals surface area (Å²) < 4.78 is 5.17. The lowest BCUT2D eigenvalue weighted by Gasteiger charge is -2.26. The molecule has 0 amide bonds. The second kappa shape index (κ2) is 7.14. The number of benzene rings is 1. The van der Waals surface area contributed by atoms with Gasteiger partial charge in [0.2, 0.25) is 0 Å². The van der Waals surface area contributed by atoms with E-state index in [1.54, 1.807) is 7.11 Å². The molecular weight excluding hydrogens is 242 g/mol. The van der Waals surface area contributed by atoms with Crippen molar-refractivity contribution >= 4 is 5.97 Å². The zero-order chi connectivity index (χ0) is 14.4. The first-order valence-corrected chi connectivity index (χ1v) is 6.50. The Morgan fingerprint density at radius 1 is 1.42 bits per heavy atom. The van der Waals surface area contributed by atoms with E-state index in [1.807, 2.05) is 50.1 Å². The van der Waals surface area contributed by atoms with Crippen LogP contribution in [0.25, 0.3) is 0 Å². The van der Waals surface area contributed by atoms with Gasteiger partial charge < -0.3 is 9.84 Å². The van der Waals surface area contributed by atoms with Crippen LogP contribution in [0.4, 0.5) is 0 Å². The summed E-state index contributed by atoms with van der Waals surface area (Å²) in [5.74, 6) is 0.384. The van der Waals surface area contributed by atoms with Gasteiger partial charge in [0.15, 0.2) is 0 Å². The van der Waals surface area contributed by atoms with Crippen LogP contribution < -0.4 is 4.74 Å². The highest BCUT2D eigenvalue weighted by atomic mass is 16.5. The first kappa shape index (κ1) is 15.5. The van der Waals surface area contributed by atoms with Crippen molar-refractivity contribution in [3.8, 4) is 5.75 Å². The van der Waals surface area contributed by atoms with E-state index in [-0.39, 0.29) is 0 Å². The molecule has 0 spiro atoms. The van der Waals surface area contributed by atoms with Crippen LogP contribution in [0.15, 0.2) is 24.3 Å². The molecule has 1 aromatic rings. The van der Waals surface area contributed by atoms with Crippen LogP contribution in [0.1, 0.15) is 25.8 Å². The average molecular weight is 265 g/mol. The number of carboxylic acid groups (broad SMARTS) is 1. The maximum absolute atomic E-state index is 11.3. The van der Waals surface area contributed by atoms with Gasteiger partial charge in [-0.05, 0) is 37.1 Å². The first-order chi connectivity index (χ1) is 8.93. The van der Waals surface area contributed by atoms with E-state index in [0.717, 1.165) is 11.3 Å². The van der Waals surface area contributed by atoms with Gasteiger partial charge in [-0.15, -0.1) is 0 Å². The topological polar surface area (TPSA) is 49.8 Å². The van der Waals surface area contributed by atoms with Gasteiger partial charge in [-0.2, -0.15) is 0 Å². The Kier molecular flexibility index (Phi) is 5.83. The summed E-state index contributed by atoms with van der Waals surface area (Å²) in [6, 6.07) is 7.26. The predicted octanol–water partition coefficient (Wildman–Crippen LogP) is 2.63. The van der Waals surface area contributed by atoms with Crippen LogP contribution in [0.3, 0.4) is 0 Å². The van der Waals surface area contributed by atoms with Gasteiger partial charge in [0.05, 0.1) is 7.11 Å². The van der Waals surface area contributed by atoms with Gasteiger partial charge in [-0.1, -0.05) is 26.0 Å². The van der Waals surface area contributed by atoms with E-state index in [4.69, 9.17) is 4.74 Å². The van der Waals surface area contributed by atoms with Crippen molar-refractivity contribution in [1.82, 2.24) is 4.90 Å². The number of ether oxygens (including phenoxy) is 1. The average Bonchev–Trinajstić information content (AvgIpc) is 2.35. The number of carboxylic acids is 1. The van der Waals surface area contributed by atoms with E-state index >= 15 is 0 Å². The summed E-state index contributed by atoms with van der Waals surface area (Å²) in [5, 5.41) is 9.30. The van der Waals surface area contributed by atoms with Gasteiger partial charge in [-0.3, -0.25) is 9.69 Å². The van der Waals surface area contributed by atoms with Crippen LogP contribution in [-0.4, -0.2) is 36.2 Å². The SMILES string of the molecule is COc1cccc(CN(C)[C@@H](CC(C)C)C(=O)O)c1. The molecule has 0 heterocycles. The van der Waals surface area contributed by atoms with E-state index < -0.39 is 12.0 Å². The third-order valence-electron chi connectivity index (χ3n) is 3.08. The highest BCUT2D eigenvalue weighted by Gasteiger charge is 2.23. The van der Waals surface area contributed by atoms with Crippen molar-refractivity contribution in [2.75, 3.05) is 14.2 Å². The number of methoxy groups -OCH3 is 1. The van der Waals surface area contributed by atoms with E-state index in [9.17, 15) is 9.90 Å². The maximum atomic E-state index is 11.3. The van der Waals surface area contributed by atoms with Crippen LogP contribution >= 0.6 is 0 Å². The molecule has 19 heavy (non-hydrogen) atoms. The van der Waals surface area contributed by atoms with Crippen molar-refractivity contribution in [2.24, 2.45) is 5.92 Å². The summed E-state index contributed by atoms with van der Waals surface area (Å²) >= 11 is 0. The molecule has 0 fully saturated rings. The number of nitrogens with zero attached hydrogens (tertiary/aromatic N) is 1. The van der Waals surface area contributed by atoms with Crippen LogP contribution in [0.2, 0.25) is 0 Å². The summed E-state index contributed by atoms with van der Waals surface area (Å²) in [4.78, 5) is 13.2. The molecule has 0 aromatic heterocycles. The zero-order valence-corrected chi connectivity index (χ0v) is 12.1. The quantitative estimate of drug-likeness (QED) is 0.823. The molecule has 0 aliphatic carbocycles. The van der Waals surface area contributed by atoms with Gasteiger partial charge in [0.25, 0.3) is 0 Å². The third-order valence-corrected chi connectivity index (χ3v) is 3.08. The van der Waals surface area contributed by atoms with E-state index in [0.29, 0.717) is 18.9 Å². The van der Waals surface area contributed by atoms with Crippen molar-refractivity contribution in [3.05, 3.63) is 29.8 Å². The summed E-state index contributed by atoms with van der Waals surface area (Å²) in [5.41, 5.74) is 1.05. The minimum atomic E-state index is -0.765. The first-order valence-electron chi connectivity index (χ1n) is 6.50. The molecule has 0 radical (unpaired) electrons. The van der Waals surface area contributed by atoms with Crippen molar-refractivity contribution in [3.63, 3.8) is 0 Å². The second-order valence-electron chi connectivity index (χ2n) is 5.25. The molecule has 1 N–H and O–H groups in total. The Labute approximate surface area is 115 Å². The van der Waals surface area contributed by atoms with Crippen molar-refractivity contribution in [2.45, 2.75) is 32.9 Å². The molecule has 0 bridgehead atoms. The molecule has 0 unspecified atom stereocenters. The van der Waals surface area contributed by atoms with Crippen LogP contribution in [0, 0.1) is 5.92 Å². The molecule has 4 nitrogen and oxygen atoms in total. The Balaban J connectivity index is 2.74. The van der Waals surface area contributed by atoms with Gasteiger partial charge in [-0.25, -0.2) is 0 Å². The van der Waals surface area contributed by atoms with Crippen molar-refractivity contribution < 1.29 is 14.6 Å². The lowest BCUT2D eigenvalue weighted by atomic mass is 10.0. The fraction of sp³-hybridized carbons (Fsp3) is 0.533. The number of likely N-dealkylation sites (N-methyl/N-ethyl adjacent to an activating group) is 1. The minimum Gasteiger partial charge on any atom is -0.497 e. The molecule has 0 aliphatic rings. The summed E-state index contributed by atoms with van der Waals surface area (Å²) in [6.07, 6.45) is 0.649. The number of carbonyl (C=O) groups is 1. The monoisotopic (exact) mass is 265 g/mol. The molecule has 4 heteroatoms. The Morgan fingerprint density at radius 3 is 2.63 bits per heavy atom. The smallest absolute Gasteiger partial charge is 0.320 e. The van der Waals surface area contributed by atoms with E-state index in [2.05, 4.69) is 0 Å². The maximum Gasteiger partial charge on any atom is 0.320 e. The van der Waals surface area contributed by atoms with Gasteiger partial charge in [0.1, 0.15) is 11.8 Å². The molecule has 1 rings (SSSR count). The summed E-state index contributed by atoms with van der Waals surface area (Å²) in [7, 11) is 3.47. The predicted molar refractivity (Wildman–Crippen MR) is 75.3 cm³/mol. The number of hydrogen-bond acceptors (Lipinski definition) is 3. The molecule has 0 saturated heterocycles. The highest BCUT2D eigenvalue weighted by molar-refractivity contribution is 5.73. The molecule has 1 atom stereocenters. The molecular formula is C15H23NO3. The lowest BCUT2D eigenvalue weighted by molar-refractivity contribution is -0.143. The minimum absolute atomic E-state index is 0.355. The van der Waals surface area contributed by atoms with Crippen molar-refractivity contribution in [1.29, 1.82) is 0 Å². The molecule has 106 valence electrons. The van der Waals surface area contributed by atoms with Crippen LogP contribution in [-0.2, 0) is 11.3 Å². The standard InChI is InChI=1S/C15H23NO3/c1-11(2)8-14(15(17)18)16(3)10-12-6-5-7-13(9-12)19-4/h5-7,9,11,14H,8,10H2,1-4H3,(H,17,18)/t14-/m0/s1. The Morgan fingerprint density at radius 2 is 2.11 bits per heavy atom. The number of aliphatic carboxylic acids is 1. The van der Waals surface area contributed by atoms with Gasteiger partial charge >= 0.3 is 5.97 Å². The fourth-order valence-electron chi connectivity index (χ4n) is 2.08. The second-order valence-corrected chi connectivity index (χ2v) is 5.25. The Hall–Kier alpha value is -1.55.